The number of aromatic nitrogens is 1. The molecule has 0 bridgehead atoms. The van der Waals surface area contributed by atoms with Gasteiger partial charge in [-0.2, -0.15) is 0 Å². The van der Waals surface area contributed by atoms with Gasteiger partial charge in [0.2, 0.25) is 5.91 Å². The maximum Gasteiger partial charge on any atom is 0.239 e. The average molecular weight is 294 g/mol. The zero-order chi connectivity index (χ0) is 14.5. The predicted molar refractivity (Wildman–Crippen MR) is 77.7 cm³/mol. The van der Waals surface area contributed by atoms with Gasteiger partial charge in [-0.25, -0.2) is 0 Å². The molecule has 1 heterocycles. The minimum Gasteiger partial charge on any atom is -0.360 e. The van der Waals surface area contributed by atoms with Gasteiger partial charge in [0.25, 0.3) is 0 Å². The molecule has 2 aromatic rings. The van der Waals surface area contributed by atoms with Crippen molar-refractivity contribution in [2.45, 2.75) is 13.5 Å². The molecule has 106 valence electrons. The van der Waals surface area contributed by atoms with Crippen LogP contribution in [0.3, 0.4) is 0 Å². The number of hydrogen-bond acceptors (Lipinski definition) is 4. The molecular formula is C14H16ClN3O2. The molecule has 20 heavy (non-hydrogen) atoms. The van der Waals surface area contributed by atoms with Crippen LogP contribution in [0.2, 0.25) is 5.02 Å². The van der Waals surface area contributed by atoms with Crippen LogP contribution in [0.5, 0.6) is 0 Å². The highest BCUT2D eigenvalue weighted by Gasteiger charge is 2.10. The quantitative estimate of drug-likeness (QED) is 0.921. The standard InChI is InChI=1S/C14H16ClN3O2/c1-10-7-13(17-20-10)16-14(19)9-18(2)8-11-5-3-4-6-12(11)15/h3-7H,8-9H2,1-2H3,(H,16,17,19). The average Bonchev–Trinajstić information content (AvgIpc) is 2.77. The molecule has 5 nitrogen and oxygen atoms in total. The first-order chi connectivity index (χ1) is 9.54. The summed E-state index contributed by atoms with van der Waals surface area (Å²) >= 11 is 6.09. The van der Waals surface area contributed by atoms with E-state index in [0.29, 0.717) is 23.1 Å². The molecule has 1 amide bonds. The smallest absolute Gasteiger partial charge is 0.239 e. The molecular weight excluding hydrogens is 278 g/mol. The molecule has 0 atom stereocenters. The molecule has 1 N–H and O–H groups in total. The molecule has 1 aromatic heterocycles. The number of halogens is 1. The highest BCUT2D eigenvalue weighted by atomic mass is 35.5. The molecule has 0 saturated heterocycles. The van der Waals surface area contributed by atoms with Crippen LogP contribution >= 0.6 is 11.6 Å². The molecule has 6 heteroatoms. The number of carbonyl (C=O) groups excluding carboxylic acids is 1. The first-order valence-corrected chi connectivity index (χ1v) is 6.57. The summed E-state index contributed by atoms with van der Waals surface area (Å²) in [4.78, 5) is 13.7. The molecule has 0 saturated carbocycles. The number of carbonyl (C=O) groups is 1. The number of amides is 1. The highest BCUT2D eigenvalue weighted by molar-refractivity contribution is 6.31. The second-order valence-electron chi connectivity index (χ2n) is 4.63. The SMILES string of the molecule is Cc1cc(NC(=O)CN(C)Cc2ccccc2Cl)no1. The third-order valence-corrected chi connectivity index (χ3v) is 3.08. The van der Waals surface area contributed by atoms with Crippen LogP contribution in [-0.2, 0) is 11.3 Å². The molecule has 0 radical (unpaired) electrons. The van der Waals surface area contributed by atoms with Crippen LogP contribution in [0.25, 0.3) is 0 Å². The van der Waals surface area contributed by atoms with E-state index in [1.807, 2.05) is 36.2 Å². The second kappa shape index (κ2) is 6.54. The lowest BCUT2D eigenvalue weighted by Gasteiger charge is -2.16. The van der Waals surface area contributed by atoms with E-state index < -0.39 is 0 Å². The van der Waals surface area contributed by atoms with Crippen LogP contribution < -0.4 is 5.32 Å². The van der Waals surface area contributed by atoms with Gasteiger partial charge in [-0.3, -0.25) is 9.69 Å². The third kappa shape index (κ3) is 4.08. The van der Waals surface area contributed by atoms with Gasteiger partial charge in [0.05, 0.1) is 6.54 Å². The summed E-state index contributed by atoms with van der Waals surface area (Å²) in [5, 5.41) is 7.09. The van der Waals surface area contributed by atoms with E-state index in [-0.39, 0.29) is 12.5 Å². The number of nitrogens with zero attached hydrogens (tertiary/aromatic N) is 2. The number of nitrogens with one attached hydrogen (secondary N) is 1. The van der Waals surface area contributed by atoms with E-state index >= 15 is 0 Å². The fourth-order valence-corrected chi connectivity index (χ4v) is 2.02. The van der Waals surface area contributed by atoms with E-state index in [9.17, 15) is 4.79 Å². The molecule has 2 rings (SSSR count). The maximum absolute atomic E-state index is 11.8. The van der Waals surface area contributed by atoms with E-state index in [4.69, 9.17) is 16.1 Å². The fourth-order valence-electron chi connectivity index (χ4n) is 1.83. The minimum absolute atomic E-state index is 0.146. The van der Waals surface area contributed by atoms with E-state index in [1.165, 1.54) is 0 Å². The summed E-state index contributed by atoms with van der Waals surface area (Å²) in [7, 11) is 1.86. The lowest BCUT2D eigenvalue weighted by Crippen LogP contribution is -2.30. The van der Waals surface area contributed by atoms with Crippen molar-refractivity contribution in [3.63, 3.8) is 0 Å². The van der Waals surface area contributed by atoms with Gasteiger partial charge in [0.1, 0.15) is 5.76 Å². The monoisotopic (exact) mass is 293 g/mol. The number of anilines is 1. The summed E-state index contributed by atoms with van der Waals surface area (Å²) < 4.78 is 4.89. The molecule has 0 unspecified atom stereocenters. The summed E-state index contributed by atoms with van der Waals surface area (Å²) in [6.45, 7) is 2.62. The normalized spacial score (nSPS) is 10.8. The molecule has 0 aliphatic heterocycles. The Morgan fingerprint density at radius 1 is 1.45 bits per heavy atom. The van der Waals surface area contributed by atoms with Gasteiger partial charge in [0.15, 0.2) is 5.82 Å². The molecule has 0 fully saturated rings. The number of hydrogen-bond donors (Lipinski definition) is 1. The van der Waals surface area contributed by atoms with Crippen LogP contribution in [0.1, 0.15) is 11.3 Å². The van der Waals surface area contributed by atoms with Gasteiger partial charge < -0.3 is 9.84 Å². The second-order valence-corrected chi connectivity index (χ2v) is 5.04. The van der Waals surface area contributed by atoms with Gasteiger partial charge in [-0.1, -0.05) is 35.0 Å². The van der Waals surface area contributed by atoms with Crippen molar-refractivity contribution in [3.8, 4) is 0 Å². The first-order valence-electron chi connectivity index (χ1n) is 6.19. The van der Waals surface area contributed by atoms with E-state index in [1.54, 1.807) is 13.0 Å². The van der Waals surface area contributed by atoms with E-state index in [0.717, 1.165) is 5.56 Å². The van der Waals surface area contributed by atoms with Crippen molar-refractivity contribution in [3.05, 3.63) is 46.7 Å². The number of benzene rings is 1. The Labute approximate surface area is 122 Å². The van der Waals surface area contributed by atoms with E-state index in [2.05, 4.69) is 10.5 Å². The van der Waals surface area contributed by atoms with Crippen LogP contribution in [-0.4, -0.2) is 29.6 Å². The Balaban J connectivity index is 1.86. The summed E-state index contributed by atoms with van der Waals surface area (Å²) in [6, 6.07) is 9.26. The summed E-state index contributed by atoms with van der Waals surface area (Å²) in [5.41, 5.74) is 0.988. The van der Waals surface area contributed by atoms with Gasteiger partial charge in [-0.15, -0.1) is 0 Å². The van der Waals surface area contributed by atoms with Crippen LogP contribution in [0.15, 0.2) is 34.9 Å². The largest absolute Gasteiger partial charge is 0.360 e. The molecule has 0 aliphatic carbocycles. The minimum atomic E-state index is -0.146. The number of aryl methyl sites for hydroxylation is 1. The lowest BCUT2D eigenvalue weighted by molar-refractivity contribution is -0.117. The molecule has 0 aliphatic rings. The van der Waals surface area contributed by atoms with Crippen molar-refractivity contribution in [1.82, 2.24) is 10.1 Å². The Hall–Kier alpha value is -1.85. The Morgan fingerprint density at radius 2 is 2.20 bits per heavy atom. The molecule has 1 aromatic carbocycles. The first kappa shape index (κ1) is 14.6. The van der Waals surface area contributed by atoms with Crippen molar-refractivity contribution >= 4 is 23.3 Å². The highest BCUT2D eigenvalue weighted by Crippen LogP contribution is 2.16. The third-order valence-electron chi connectivity index (χ3n) is 2.71. The van der Waals surface area contributed by atoms with Gasteiger partial charge in [0, 0.05) is 17.6 Å². The predicted octanol–water partition coefficient (Wildman–Crippen LogP) is 2.71. The lowest BCUT2D eigenvalue weighted by atomic mass is 10.2. The Morgan fingerprint density at radius 3 is 2.85 bits per heavy atom. The fraction of sp³-hybridized carbons (Fsp3) is 0.286. The van der Waals surface area contributed by atoms with Crippen LogP contribution in [0, 0.1) is 6.92 Å². The van der Waals surface area contributed by atoms with Gasteiger partial charge in [-0.05, 0) is 25.6 Å². The summed E-state index contributed by atoms with van der Waals surface area (Å²) in [5.74, 6) is 0.941. The van der Waals surface area contributed by atoms with Crippen molar-refractivity contribution in [2.24, 2.45) is 0 Å². The zero-order valence-electron chi connectivity index (χ0n) is 11.4. The van der Waals surface area contributed by atoms with Crippen molar-refractivity contribution in [2.75, 3.05) is 18.9 Å². The number of likely N-dealkylation sites (N-methyl/N-ethyl adjacent to an activating group) is 1. The van der Waals surface area contributed by atoms with Crippen LogP contribution in [0.4, 0.5) is 5.82 Å². The number of rotatable bonds is 5. The summed E-state index contributed by atoms with van der Waals surface area (Å²) in [6.07, 6.45) is 0. The van der Waals surface area contributed by atoms with Crippen molar-refractivity contribution in [1.29, 1.82) is 0 Å². The van der Waals surface area contributed by atoms with Gasteiger partial charge >= 0.3 is 0 Å². The Bertz CT molecular complexity index is 598. The molecule has 0 spiro atoms. The van der Waals surface area contributed by atoms with Crippen molar-refractivity contribution < 1.29 is 9.32 Å². The Kier molecular flexibility index (Phi) is 4.76. The maximum atomic E-state index is 11.8. The zero-order valence-corrected chi connectivity index (χ0v) is 12.1. The topological polar surface area (TPSA) is 58.4 Å².